The first-order chi connectivity index (χ1) is 6.52. The second kappa shape index (κ2) is 7.68. The third-order valence-electron chi connectivity index (χ3n) is 1.23. The summed E-state index contributed by atoms with van der Waals surface area (Å²) in [6, 6.07) is 7.42. The van der Waals surface area contributed by atoms with Gasteiger partial charge < -0.3 is 0 Å². The van der Waals surface area contributed by atoms with Gasteiger partial charge in [-0.2, -0.15) is 8.42 Å². The first kappa shape index (κ1) is 14.4. The third-order valence-corrected chi connectivity index (χ3v) is 3.61. The fourth-order valence-electron chi connectivity index (χ4n) is 0.592. The van der Waals surface area contributed by atoms with E-state index >= 15 is 0 Å². The molecule has 0 spiro atoms. The molecular weight excluding hydrogens is 235 g/mol. The van der Waals surface area contributed by atoms with Crippen LogP contribution in [0.5, 0.6) is 0 Å². The van der Waals surface area contributed by atoms with Gasteiger partial charge in [-0.05, 0) is 12.1 Å². The van der Waals surface area contributed by atoms with Crippen molar-refractivity contribution < 1.29 is 13.0 Å². The van der Waals surface area contributed by atoms with E-state index in [1.54, 1.807) is 18.2 Å². The molecular formula is C8H10ClNaO3S. The van der Waals surface area contributed by atoms with Crippen LogP contribution in [0.3, 0.4) is 0 Å². The van der Waals surface area contributed by atoms with Crippen molar-refractivity contribution in [3.8, 4) is 0 Å². The number of alkyl halides is 1. The van der Waals surface area contributed by atoms with E-state index in [1.807, 2.05) is 0 Å². The van der Waals surface area contributed by atoms with Crippen molar-refractivity contribution in [1.82, 2.24) is 0 Å². The van der Waals surface area contributed by atoms with Gasteiger partial charge >= 0.3 is 49.1 Å². The average Bonchev–Trinajstić information content (AvgIpc) is 2.18. The quantitative estimate of drug-likeness (QED) is 0.490. The van der Waals surface area contributed by atoms with Gasteiger partial charge in [0.1, 0.15) is 0 Å². The predicted molar refractivity (Wildman–Crippen MR) is 57.5 cm³/mol. The van der Waals surface area contributed by atoms with Gasteiger partial charge in [0.25, 0.3) is 10.1 Å². The zero-order valence-electron chi connectivity index (χ0n) is 7.85. The molecule has 0 amide bonds. The molecule has 0 atom stereocenters. The number of benzene rings is 1. The zero-order valence-corrected chi connectivity index (χ0v) is 11.4. The van der Waals surface area contributed by atoms with Crippen molar-refractivity contribution in [3.63, 3.8) is 0 Å². The zero-order chi connectivity index (χ0) is 11.0. The third kappa shape index (κ3) is 6.81. The van der Waals surface area contributed by atoms with E-state index in [9.17, 15) is 8.42 Å². The molecule has 0 unspecified atom stereocenters. The number of hydrogen-bond acceptors (Lipinski definition) is 2. The fourth-order valence-corrected chi connectivity index (χ4v) is 1.09. The first-order valence-electron chi connectivity index (χ1n) is 4.11. The maximum absolute atomic E-state index is 10.4. The van der Waals surface area contributed by atoms with E-state index in [1.165, 1.54) is 43.7 Å². The van der Waals surface area contributed by atoms with Crippen molar-refractivity contribution in [3.05, 3.63) is 30.3 Å². The Morgan fingerprint density at radius 2 is 1.71 bits per heavy atom. The Hall–Kier alpha value is 0.420. The average molecular weight is 245 g/mol. The second-order valence-electron chi connectivity index (χ2n) is 2.48. The van der Waals surface area contributed by atoms with Gasteiger partial charge in [0.05, 0.1) is 4.90 Å². The standard InChI is InChI=1S/C6H6O3S.C2H4Cl.Na/c7-10(8,9)6-4-2-1-3-5-6;1-2-3;/h1-5H,(H,7,8,9);1-2H2;. The number of halogens is 1. The van der Waals surface area contributed by atoms with Gasteiger partial charge in [0, 0.05) is 0 Å². The Bertz CT molecular complexity index is 337. The van der Waals surface area contributed by atoms with Gasteiger partial charge in [-0.25, -0.2) is 0 Å². The minimum absolute atomic E-state index is 0.0741. The predicted octanol–water partition coefficient (Wildman–Crippen LogP) is 1.75. The summed E-state index contributed by atoms with van der Waals surface area (Å²) >= 11 is 6.48. The van der Waals surface area contributed by atoms with Crippen molar-refractivity contribution in [2.45, 2.75) is 8.57 Å². The summed E-state index contributed by atoms with van der Waals surface area (Å²) in [5, 5.41) is 0. The molecule has 0 fully saturated rings. The molecule has 1 aromatic carbocycles. The van der Waals surface area contributed by atoms with Crippen LogP contribution in [0.2, 0.25) is 3.67 Å². The molecule has 0 aliphatic heterocycles. The monoisotopic (exact) mass is 244 g/mol. The molecule has 0 bridgehead atoms. The summed E-state index contributed by atoms with van der Waals surface area (Å²) in [5.74, 6) is 0.853. The van der Waals surface area contributed by atoms with Crippen LogP contribution in [0.25, 0.3) is 0 Å². The normalized spacial score (nSPS) is 10.3. The number of rotatable bonds is 2. The van der Waals surface area contributed by atoms with E-state index in [0.29, 0.717) is 0 Å². The van der Waals surface area contributed by atoms with Crippen LogP contribution in [-0.4, -0.2) is 46.8 Å². The molecule has 0 aromatic heterocycles. The molecule has 0 saturated heterocycles. The molecule has 0 radical (unpaired) electrons. The molecule has 74 valence electrons. The van der Waals surface area contributed by atoms with Gasteiger partial charge in [-0.1, -0.05) is 18.2 Å². The fraction of sp³-hybridized carbons (Fsp3) is 0.250. The minimum atomic E-state index is -4.00. The van der Waals surface area contributed by atoms with E-state index in [-0.39, 0.29) is 4.90 Å². The Morgan fingerprint density at radius 3 is 1.93 bits per heavy atom. The molecule has 1 rings (SSSR count). The van der Waals surface area contributed by atoms with Crippen molar-refractivity contribution >= 4 is 49.6 Å². The first-order valence-corrected chi connectivity index (χ1v) is 7.49. The second-order valence-corrected chi connectivity index (χ2v) is 5.28. The van der Waals surface area contributed by atoms with Crippen molar-refractivity contribution in [2.24, 2.45) is 0 Å². The summed E-state index contributed by atoms with van der Waals surface area (Å²) in [6.07, 6.45) is 0. The van der Waals surface area contributed by atoms with E-state index < -0.39 is 10.1 Å². The Morgan fingerprint density at radius 1 is 1.29 bits per heavy atom. The van der Waals surface area contributed by atoms with E-state index in [4.69, 9.17) is 16.2 Å². The Balaban J connectivity index is 0.000000364. The molecule has 3 nitrogen and oxygen atoms in total. The van der Waals surface area contributed by atoms with E-state index in [2.05, 4.69) is 0 Å². The van der Waals surface area contributed by atoms with Crippen LogP contribution in [0.4, 0.5) is 0 Å². The summed E-state index contributed by atoms with van der Waals surface area (Å²) in [6.45, 7) is 0. The molecule has 6 heteroatoms. The van der Waals surface area contributed by atoms with Crippen molar-refractivity contribution in [1.29, 1.82) is 0 Å². The van der Waals surface area contributed by atoms with Crippen LogP contribution in [0, 0.1) is 0 Å². The van der Waals surface area contributed by atoms with Gasteiger partial charge in [-0.15, -0.1) is 0 Å². The number of hydrogen-bond donors (Lipinski definition) is 1. The molecule has 0 aliphatic rings. The molecule has 1 N–H and O–H groups in total. The summed E-state index contributed by atoms with van der Waals surface area (Å²) in [4.78, 5) is -0.0741. The maximum atomic E-state index is 10.4. The summed E-state index contributed by atoms with van der Waals surface area (Å²) in [5.41, 5.74) is 0. The van der Waals surface area contributed by atoms with Gasteiger partial charge in [0.15, 0.2) is 0 Å². The van der Waals surface area contributed by atoms with Crippen LogP contribution in [0.15, 0.2) is 35.2 Å². The summed E-state index contributed by atoms with van der Waals surface area (Å²) < 4.78 is 30.5. The Kier molecular flexibility index (Phi) is 7.91. The van der Waals surface area contributed by atoms with Crippen LogP contribution >= 0.6 is 11.6 Å². The Labute approximate surface area is 107 Å². The van der Waals surface area contributed by atoms with E-state index in [0.717, 1.165) is 5.88 Å². The van der Waals surface area contributed by atoms with Crippen molar-refractivity contribution in [2.75, 3.05) is 5.88 Å². The molecule has 0 aliphatic carbocycles. The summed E-state index contributed by atoms with van der Waals surface area (Å²) in [7, 11) is -4.00. The molecule has 0 saturated carbocycles. The SMILES string of the molecule is O=S(=O)(O)c1ccccc1.[Na][CH2]CCl. The topological polar surface area (TPSA) is 54.4 Å². The molecule has 1 aromatic rings. The molecule has 14 heavy (non-hydrogen) atoms. The molecule has 0 heterocycles. The van der Waals surface area contributed by atoms with Gasteiger partial charge in [-0.3, -0.25) is 4.55 Å². The van der Waals surface area contributed by atoms with Crippen LogP contribution < -0.4 is 0 Å². The van der Waals surface area contributed by atoms with Gasteiger partial charge in [0.2, 0.25) is 0 Å². The van der Waals surface area contributed by atoms with Crippen LogP contribution in [0.1, 0.15) is 0 Å². The van der Waals surface area contributed by atoms with Crippen LogP contribution in [-0.2, 0) is 10.1 Å².